The molecule has 0 unspecified atom stereocenters. The van der Waals surface area contributed by atoms with Gasteiger partial charge in [-0.05, 0) is 51.3 Å². The Morgan fingerprint density at radius 1 is 1.08 bits per heavy atom. The van der Waals surface area contributed by atoms with Crippen molar-refractivity contribution in [2.45, 2.75) is 38.8 Å². The Balaban J connectivity index is 1.94. The summed E-state index contributed by atoms with van der Waals surface area (Å²) >= 11 is 1.75. The van der Waals surface area contributed by atoms with E-state index in [1.165, 1.54) is 0 Å². The normalized spacial score (nSPS) is 16.6. The van der Waals surface area contributed by atoms with Crippen molar-refractivity contribution in [3.63, 3.8) is 0 Å². The fraction of sp³-hybridized carbons (Fsp3) is 0.667. The molecule has 1 saturated heterocycles. The zero-order valence-electron chi connectivity index (χ0n) is 15.6. The van der Waals surface area contributed by atoms with Crippen LogP contribution >= 0.6 is 11.8 Å². The van der Waals surface area contributed by atoms with Crippen LogP contribution in [-0.4, -0.2) is 70.2 Å². The van der Waals surface area contributed by atoms with Crippen LogP contribution in [0.25, 0.3) is 0 Å². The zero-order valence-corrected chi connectivity index (χ0v) is 16.4. The van der Waals surface area contributed by atoms with Gasteiger partial charge in [-0.1, -0.05) is 0 Å². The van der Waals surface area contributed by atoms with E-state index in [9.17, 15) is 9.59 Å². The van der Waals surface area contributed by atoms with E-state index in [2.05, 4.69) is 6.26 Å². The van der Waals surface area contributed by atoms with Crippen molar-refractivity contribution in [3.05, 3.63) is 24.5 Å². The Bertz CT molecular complexity index is 561. The third-order valence-corrected chi connectivity index (χ3v) is 4.75. The molecule has 0 aromatic carbocycles. The fourth-order valence-corrected chi connectivity index (χ4v) is 3.29. The van der Waals surface area contributed by atoms with Gasteiger partial charge in [0.1, 0.15) is 11.6 Å². The van der Waals surface area contributed by atoms with Gasteiger partial charge in [0.15, 0.2) is 0 Å². The number of aromatic nitrogens is 1. The van der Waals surface area contributed by atoms with Gasteiger partial charge < -0.3 is 19.1 Å². The number of ether oxygens (including phenoxy) is 1. The highest BCUT2D eigenvalue weighted by atomic mass is 32.2. The number of rotatable bonds is 5. The Hall–Kier alpha value is -1.63. The van der Waals surface area contributed by atoms with Gasteiger partial charge in [-0.25, -0.2) is 4.79 Å². The predicted octanol–water partition coefficient (Wildman–Crippen LogP) is 2.86. The molecule has 1 aliphatic rings. The third-order valence-electron chi connectivity index (χ3n) is 4.11. The number of nitrogens with zero attached hydrogens (tertiary/aromatic N) is 3. The van der Waals surface area contributed by atoms with Crippen LogP contribution < -0.4 is 0 Å². The molecular formula is C18H29N3O3S. The second kappa shape index (κ2) is 8.65. The smallest absolute Gasteiger partial charge is 0.410 e. The zero-order chi connectivity index (χ0) is 18.4. The van der Waals surface area contributed by atoms with Gasteiger partial charge >= 0.3 is 6.09 Å². The lowest BCUT2D eigenvalue weighted by Gasteiger charge is -2.37. The molecule has 1 aromatic rings. The second-order valence-corrected chi connectivity index (χ2v) is 8.21. The Morgan fingerprint density at radius 3 is 2.16 bits per heavy atom. The van der Waals surface area contributed by atoms with Crippen molar-refractivity contribution in [2.24, 2.45) is 0 Å². The minimum absolute atomic E-state index is 0.133. The first-order valence-electron chi connectivity index (χ1n) is 8.70. The first-order valence-corrected chi connectivity index (χ1v) is 10.1. The number of carbonyl (C=O) groups is 2. The first-order chi connectivity index (χ1) is 11.8. The topological polar surface area (TPSA) is 54.8 Å². The standard InChI is InChI=1S/C18H29N3O3S/c1-18(2,3)24-17(23)21-12-10-20(11-13-21)16(22)15(7-14-25-4)19-8-5-6-9-19/h5-6,8-9,15H,7,10-14H2,1-4H3/t15-/m1/s1. The molecular weight excluding hydrogens is 338 g/mol. The van der Waals surface area contributed by atoms with Crippen LogP contribution in [0.5, 0.6) is 0 Å². The third kappa shape index (κ3) is 5.70. The van der Waals surface area contributed by atoms with E-state index in [-0.39, 0.29) is 18.0 Å². The summed E-state index contributed by atoms with van der Waals surface area (Å²) in [5.41, 5.74) is -0.499. The number of amides is 2. The molecule has 0 radical (unpaired) electrons. The van der Waals surface area contributed by atoms with Gasteiger partial charge in [-0.3, -0.25) is 4.79 Å². The summed E-state index contributed by atoms with van der Waals surface area (Å²) in [5.74, 6) is 1.07. The largest absolute Gasteiger partial charge is 0.444 e. The molecule has 1 aromatic heterocycles. The summed E-state index contributed by atoms with van der Waals surface area (Å²) in [5, 5.41) is 0. The first kappa shape index (κ1) is 19.7. The summed E-state index contributed by atoms with van der Waals surface area (Å²) in [6.45, 7) is 7.71. The van der Waals surface area contributed by atoms with Crippen LogP contribution in [-0.2, 0) is 9.53 Å². The summed E-state index contributed by atoms with van der Waals surface area (Å²) in [6, 6.07) is 3.72. The van der Waals surface area contributed by atoms with Gasteiger partial charge in [0.25, 0.3) is 0 Å². The molecule has 0 bridgehead atoms. The van der Waals surface area contributed by atoms with E-state index < -0.39 is 5.60 Å². The molecule has 0 spiro atoms. The van der Waals surface area contributed by atoms with Gasteiger partial charge in [0.05, 0.1) is 0 Å². The van der Waals surface area contributed by atoms with Gasteiger partial charge in [-0.2, -0.15) is 11.8 Å². The molecule has 0 aliphatic carbocycles. The molecule has 2 rings (SSSR count). The number of hydrogen-bond acceptors (Lipinski definition) is 4. The lowest BCUT2D eigenvalue weighted by molar-refractivity contribution is -0.136. The molecule has 0 N–H and O–H groups in total. The maximum atomic E-state index is 13.0. The van der Waals surface area contributed by atoms with E-state index in [4.69, 9.17) is 4.74 Å². The summed E-state index contributed by atoms with van der Waals surface area (Å²) in [4.78, 5) is 28.7. The van der Waals surface area contributed by atoms with Crippen LogP contribution in [0.15, 0.2) is 24.5 Å². The molecule has 2 amide bonds. The number of thioether (sulfide) groups is 1. The second-order valence-electron chi connectivity index (χ2n) is 7.22. The predicted molar refractivity (Wildman–Crippen MR) is 101 cm³/mol. The molecule has 25 heavy (non-hydrogen) atoms. The van der Waals surface area contributed by atoms with Crippen molar-refractivity contribution >= 4 is 23.8 Å². The average molecular weight is 368 g/mol. The fourth-order valence-electron chi connectivity index (χ4n) is 2.83. The van der Waals surface area contributed by atoms with Crippen LogP contribution in [0.3, 0.4) is 0 Å². The maximum absolute atomic E-state index is 13.0. The quantitative estimate of drug-likeness (QED) is 0.803. The summed E-state index contributed by atoms with van der Waals surface area (Å²) < 4.78 is 7.39. The molecule has 1 atom stereocenters. The molecule has 1 aliphatic heterocycles. The van der Waals surface area contributed by atoms with Gasteiger partial charge in [0, 0.05) is 38.6 Å². The van der Waals surface area contributed by atoms with E-state index in [1.807, 2.05) is 54.8 Å². The highest BCUT2D eigenvalue weighted by Crippen LogP contribution is 2.20. The van der Waals surface area contributed by atoms with Gasteiger partial charge in [0.2, 0.25) is 5.91 Å². The highest BCUT2D eigenvalue weighted by Gasteiger charge is 2.31. The van der Waals surface area contributed by atoms with Crippen LogP contribution in [0.2, 0.25) is 0 Å². The average Bonchev–Trinajstić information content (AvgIpc) is 3.08. The maximum Gasteiger partial charge on any atom is 0.410 e. The molecule has 7 heteroatoms. The van der Waals surface area contributed by atoms with Crippen molar-refractivity contribution in [1.29, 1.82) is 0 Å². The number of hydrogen-bond donors (Lipinski definition) is 0. The van der Waals surface area contributed by atoms with E-state index in [0.29, 0.717) is 26.2 Å². The van der Waals surface area contributed by atoms with Gasteiger partial charge in [-0.15, -0.1) is 0 Å². The molecule has 6 nitrogen and oxygen atoms in total. The Labute approximate surface area is 154 Å². The number of piperazine rings is 1. The lowest BCUT2D eigenvalue weighted by atomic mass is 10.1. The Morgan fingerprint density at radius 2 is 1.64 bits per heavy atom. The molecule has 140 valence electrons. The molecule has 2 heterocycles. The van der Waals surface area contributed by atoms with E-state index >= 15 is 0 Å². The van der Waals surface area contributed by atoms with E-state index in [1.54, 1.807) is 16.7 Å². The summed E-state index contributed by atoms with van der Waals surface area (Å²) in [6.07, 6.45) is 6.45. The van der Waals surface area contributed by atoms with Crippen LogP contribution in [0.4, 0.5) is 4.79 Å². The SMILES string of the molecule is CSCC[C@H](C(=O)N1CCN(C(=O)OC(C)(C)C)CC1)n1cccc1. The molecule has 0 saturated carbocycles. The minimum atomic E-state index is -0.499. The monoisotopic (exact) mass is 367 g/mol. The van der Waals surface area contributed by atoms with Crippen molar-refractivity contribution in [2.75, 3.05) is 38.2 Å². The van der Waals surface area contributed by atoms with E-state index in [0.717, 1.165) is 12.2 Å². The number of carbonyl (C=O) groups excluding carboxylic acids is 2. The van der Waals surface area contributed by atoms with Crippen molar-refractivity contribution in [3.8, 4) is 0 Å². The van der Waals surface area contributed by atoms with Crippen molar-refractivity contribution in [1.82, 2.24) is 14.4 Å². The minimum Gasteiger partial charge on any atom is -0.444 e. The van der Waals surface area contributed by atoms with Crippen molar-refractivity contribution < 1.29 is 14.3 Å². The lowest BCUT2D eigenvalue weighted by Crippen LogP contribution is -2.53. The Kier molecular flexibility index (Phi) is 6.81. The van der Waals surface area contributed by atoms with Crippen LogP contribution in [0, 0.1) is 0 Å². The summed E-state index contributed by atoms with van der Waals surface area (Å²) in [7, 11) is 0. The highest BCUT2D eigenvalue weighted by molar-refractivity contribution is 7.98. The van der Waals surface area contributed by atoms with Crippen LogP contribution in [0.1, 0.15) is 33.2 Å². The molecule has 1 fully saturated rings.